The highest BCUT2D eigenvalue weighted by atomic mass is 16.6. The fraction of sp³-hybridized carbons (Fsp3) is 0.217. The van der Waals surface area contributed by atoms with Gasteiger partial charge in [-0.05, 0) is 57.2 Å². The van der Waals surface area contributed by atoms with Gasteiger partial charge in [-0.3, -0.25) is 14.9 Å². The number of carboxylic acids is 1. The molecular formula is C23H22N2O6. The first-order chi connectivity index (χ1) is 14.5. The first kappa shape index (κ1) is 21.8. The molecule has 0 spiro atoms. The number of ether oxygens (including phenoxy) is 1. The number of aliphatic carboxylic acids is 1. The molecule has 1 aromatic heterocycles. The molecule has 0 aliphatic carbocycles. The van der Waals surface area contributed by atoms with E-state index < -0.39 is 35.7 Å². The van der Waals surface area contributed by atoms with Gasteiger partial charge >= 0.3 is 12.1 Å². The number of carboxylic acid groups (broad SMARTS) is 1. The van der Waals surface area contributed by atoms with Gasteiger partial charge in [-0.2, -0.15) is 0 Å². The lowest BCUT2D eigenvalue weighted by molar-refractivity contribution is -0.148. The number of nitrogens with one attached hydrogen (secondary N) is 2. The molecule has 1 amide bonds. The number of amides is 1. The van der Waals surface area contributed by atoms with Crippen LogP contribution in [0.2, 0.25) is 0 Å². The lowest BCUT2D eigenvalue weighted by Crippen LogP contribution is -2.27. The monoisotopic (exact) mass is 422 g/mol. The number of hydrogen-bond acceptors (Lipinski definition) is 5. The second-order valence-electron chi connectivity index (χ2n) is 8.02. The predicted octanol–water partition coefficient (Wildman–Crippen LogP) is 4.41. The van der Waals surface area contributed by atoms with Crippen molar-refractivity contribution < 1.29 is 29.0 Å². The van der Waals surface area contributed by atoms with Crippen molar-refractivity contribution in [1.29, 1.82) is 0 Å². The average Bonchev–Trinajstić information content (AvgIpc) is 3.09. The highest BCUT2D eigenvalue weighted by Crippen LogP contribution is 2.27. The molecule has 0 aliphatic rings. The van der Waals surface area contributed by atoms with E-state index in [1.807, 2.05) is 12.1 Å². The van der Waals surface area contributed by atoms with Crippen LogP contribution in [0.5, 0.6) is 0 Å². The third kappa shape index (κ3) is 5.57. The van der Waals surface area contributed by atoms with Crippen molar-refractivity contribution >= 4 is 40.2 Å². The van der Waals surface area contributed by atoms with Crippen molar-refractivity contribution in [1.82, 2.24) is 4.98 Å². The van der Waals surface area contributed by atoms with Gasteiger partial charge in [-0.25, -0.2) is 9.59 Å². The Labute approximate surface area is 178 Å². The quantitative estimate of drug-likeness (QED) is 0.307. The number of ketones is 2. The summed E-state index contributed by atoms with van der Waals surface area (Å²) in [7, 11) is 0. The number of Topliss-reactive ketones (excluding diaryl/α,β-unsaturated/α-hetero) is 2. The minimum atomic E-state index is -1.63. The number of anilines is 1. The number of fused-ring (bicyclic) bond motifs is 1. The van der Waals surface area contributed by atoms with E-state index in [9.17, 15) is 19.2 Å². The Morgan fingerprint density at radius 1 is 1.03 bits per heavy atom. The number of rotatable bonds is 6. The van der Waals surface area contributed by atoms with Crippen LogP contribution < -0.4 is 5.32 Å². The van der Waals surface area contributed by atoms with Crippen LogP contribution >= 0.6 is 0 Å². The average molecular weight is 422 g/mol. The number of benzene rings is 2. The number of hydrogen-bond donors (Lipinski definition) is 3. The summed E-state index contributed by atoms with van der Waals surface area (Å²) in [5, 5.41) is 12.1. The predicted molar refractivity (Wildman–Crippen MR) is 115 cm³/mol. The summed E-state index contributed by atoms with van der Waals surface area (Å²) in [5.74, 6) is -3.33. The fourth-order valence-electron chi connectivity index (χ4n) is 2.97. The van der Waals surface area contributed by atoms with Crippen LogP contribution in [0.4, 0.5) is 10.5 Å². The molecule has 160 valence electrons. The van der Waals surface area contributed by atoms with Crippen LogP contribution in [-0.4, -0.2) is 39.3 Å². The van der Waals surface area contributed by atoms with E-state index in [4.69, 9.17) is 9.84 Å². The lowest BCUT2D eigenvalue weighted by atomic mass is 10.0. The second-order valence-corrected chi connectivity index (χ2v) is 8.02. The third-order valence-corrected chi connectivity index (χ3v) is 4.32. The Balaban J connectivity index is 1.82. The minimum Gasteiger partial charge on any atom is -0.475 e. The SMILES string of the molecule is CC(C)(C)OC(=O)Nc1cccc(-c2cc3cc(C(=O)CC(=O)C(=O)O)ccc3[nH]2)c1. The molecule has 3 N–H and O–H groups in total. The van der Waals surface area contributed by atoms with E-state index in [1.165, 1.54) is 0 Å². The standard InChI is InChI=1S/C23H22N2O6/c1-23(2,3)31-22(30)24-16-6-4-5-13(10-16)18-11-15-9-14(7-8-17(15)25-18)19(26)12-20(27)21(28)29/h4-11,25H,12H2,1-3H3,(H,24,30)(H,28,29). The first-order valence-electron chi connectivity index (χ1n) is 9.54. The summed E-state index contributed by atoms with van der Waals surface area (Å²) >= 11 is 0. The Morgan fingerprint density at radius 2 is 1.77 bits per heavy atom. The normalized spacial score (nSPS) is 11.2. The number of carbonyl (C=O) groups is 4. The van der Waals surface area contributed by atoms with E-state index >= 15 is 0 Å². The topological polar surface area (TPSA) is 126 Å². The summed E-state index contributed by atoms with van der Waals surface area (Å²) in [5.41, 5.74) is 2.54. The number of aromatic nitrogens is 1. The molecule has 0 saturated carbocycles. The third-order valence-electron chi connectivity index (χ3n) is 4.32. The summed E-state index contributed by atoms with van der Waals surface area (Å²) < 4.78 is 5.26. The Kier molecular flexibility index (Phi) is 5.92. The molecule has 3 aromatic rings. The smallest absolute Gasteiger partial charge is 0.412 e. The van der Waals surface area contributed by atoms with Crippen LogP contribution in [0, 0.1) is 0 Å². The molecule has 8 heteroatoms. The van der Waals surface area contributed by atoms with E-state index in [0.29, 0.717) is 5.69 Å². The van der Waals surface area contributed by atoms with Crippen molar-refractivity contribution in [3.8, 4) is 11.3 Å². The van der Waals surface area contributed by atoms with Gasteiger partial charge in [0, 0.05) is 33.4 Å². The minimum absolute atomic E-state index is 0.257. The van der Waals surface area contributed by atoms with Gasteiger partial charge in [0.2, 0.25) is 5.78 Å². The number of H-pyrrole nitrogens is 1. The fourth-order valence-corrected chi connectivity index (χ4v) is 2.97. The van der Waals surface area contributed by atoms with Crippen molar-refractivity contribution in [3.05, 3.63) is 54.1 Å². The molecule has 31 heavy (non-hydrogen) atoms. The zero-order valence-corrected chi connectivity index (χ0v) is 17.3. The Hall–Kier alpha value is -3.94. The molecule has 0 unspecified atom stereocenters. The van der Waals surface area contributed by atoms with Crippen molar-refractivity contribution in [2.24, 2.45) is 0 Å². The summed E-state index contributed by atoms with van der Waals surface area (Å²) in [6.07, 6.45) is -1.24. The molecule has 0 radical (unpaired) electrons. The molecule has 2 aromatic carbocycles. The summed E-state index contributed by atoms with van der Waals surface area (Å²) in [6.45, 7) is 5.35. The van der Waals surface area contributed by atoms with Gasteiger partial charge in [0.25, 0.3) is 0 Å². The van der Waals surface area contributed by atoms with Gasteiger partial charge in [0.15, 0.2) is 5.78 Å². The lowest BCUT2D eigenvalue weighted by Gasteiger charge is -2.19. The van der Waals surface area contributed by atoms with Crippen LogP contribution in [-0.2, 0) is 14.3 Å². The molecular weight excluding hydrogens is 400 g/mol. The maximum atomic E-state index is 12.2. The first-order valence-corrected chi connectivity index (χ1v) is 9.54. The van der Waals surface area contributed by atoms with Gasteiger partial charge < -0.3 is 14.8 Å². The Bertz CT molecular complexity index is 1190. The molecule has 0 aliphatic heterocycles. The van der Waals surface area contributed by atoms with Crippen molar-refractivity contribution in [3.63, 3.8) is 0 Å². The van der Waals surface area contributed by atoms with Crippen LogP contribution in [0.3, 0.4) is 0 Å². The molecule has 0 saturated heterocycles. The molecule has 3 rings (SSSR count). The van der Waals surface area contributed by atoms with E-state index in [0.717, 1.165) is 22.2 Å². The summed E-state index contributed by atoms with van der Waals surface area (Å²) in [4.78, 5) is 49.4. The van der Waals surface area contributed by atoms with E-state index in [1.54, 1.807) is 57.2 Å². The molecule has 0 fully saturated rings. The van der Waals surface area contributed by atoms with E-state index in [-0.39, 0.29) is 5.56 Å². The molecule has 8 nitrogen and oxygen atoms in total. The van der Waals surface area contributed by atoms with Crippen LogP contribution in [0.25, 0.3) is 22.2 Å². The molecule has 0 atom stereocenters. The largest absolute Gasteiger partial charge is 0.475 e. The number of carbonyl (C=O) groups excluding carboxylic acids is 3. The maximum absolute atomic E-state index is 12.2. The zero-order chi connectivity index (χ0) is 22.8. The number of aromatic amines is 1. The Morgan fingerprint density at radius 3 is 2.45 bits per heavy atom. The highest BCUT2D eigenvalue weighted by molar-refractivity contribution is 6.37. The van der Waals surface area contributed by atoms with Crippen molar-refractivity contribution in [2.75, 3.05) is 5.32 Å². The van der Waals surface area contributed by atoms with E-state index in [2.05, 4.69) is 10.3 Å². The summed E-state index contributed by atoms with van der Waals surface area (Å²) in [6, 6.07) is 13.9. The highest BCUT2D eigenvalue weighted by Gasteiger charge is 2.19. The van der Waals surface area contributed by atoms with Crippen molar-refractivity contribution in [2.45, 2.75) is 32.8 Å². The van der Waals surface area contributed by atoms with Gasteiger partial charge in [-0.15, -0.1) is 0 Å². The molecule has 1 heterocycles. The van der Waals surface area contributed by atoms with Gasteiger partial charge in [0.1, 0.15) is 5.60 Å². The zero-order valence-electron chi connectivity index (χ0n) is 17.3. The van der Waals surface area contributed by atoms with Gasteiger partial charge in [0.05, 0.1) is 6.42 Å². The molecule has 0 bridgehead atoms. The van der Waals surface area contributed by atoms with Crippen LogP contribution in [0.15, 0.2) is 48.5 Å². The van der Waals surface area contributed by atoms with Crippen LogP contribution in [0.1, 0.15) is 37.6 Å². The van der Waals surface area contributed by atoms with Gasteiger partial charge in [-0.1, -0.05) is 12.1 Å². The second kappa shape index (κ2) is 8.43. The maximum Gasteiger partial charge on any atom is 0.412 e.